The molecule has 1 aliphatic rings. The molecule has 1 saturated heterocycles. The summed E-state index contributed by atoms with van der Waals surface area (Å²) in [6.07, 6.45) is 0. The average molecular weight is 785 g/mol. The molecule has 54 heavy (non-hydrogen) atoms. The monoisotopic (exact) mass is 784 g/mol. The first-order valence-corrected chi connectivity index (χ1v) is 20.3. The maximum atomic E-state index is 13.0. The smallest absolute Gasteiger partial charge is 0.360 e. The third kappa shape index (κ3) is 14.5. The second-order valence-corrected chi connectivity index (χ2v) is 14.7. The fourth-order valence-electron chi connectivity index (χ4n) is 5.48. The van der Waals surface area contributed by atoms with E-state index in [4.69, 9.17) is 27.8 Å². The van der Waals surface area contributed by atoms with E-state index in [1.54, 1.807) is 59.9 Å². The summed E-state index contributed by atoms with van der Waals surface area (Å²) in [5, 5.41) is 6.89. The Kier molecular flexibility index (Phi) is 17.8. The van der Waals surface area contributed by atoms with Gasteiger partial charge in [0.1, 0.15) is 22.5 Å². The molecule has 3 heterocycles. The van der Waals surface area contributed by atoms with Gasteiger partial charge in [0.25, 0.3) is 0 Å². The number of para-hydroxylation sites is 2. The van der Waals surface area contributed by atoms with E-state index < -0.39 is 11.3 Å². The highest BCUT2D eigenvalue weighted by Gasteiger charge is 2.16. The van der Waals surface area contributed by atoms with Crippen molar-refractivity contribution >= 4 is 68.7 Å². The van der Waals surface area contributed by atoms with E-state index in [2.05, 4.69) is 10.6 Å². The van der Waals surface area contributed by atoms with Gasteiger partial charge in [0.15, 0.2) is 0 Å². The first-order valence-electron chi connectivity index (χ1n) is 18.0. The summed E-state index contributed by atoms with van der Waals surface area (Å²) < 4.78 is 33.8. The number of hydrogen-bond donors (Lipinski definition) is 2. The van der Waals surface area contributed by atoms with Crippen molar-refractivity contribution in [3.8, 4) is 0 Å². The van der Waals surface area contributed by atoms with Gasteiger partial charge >= 0.3 is 11.3 Å². The molecule has 0 spiro atoms. The molecule has 14 nitrogen and oxygen atoms in total. The number of nitrogens with zero attached hydrogens (tertiary/aromatic N) is 2. The fraction of sp³-hybridized carbons (Fsp3) is 0.474. The Balaban J connectivity index is 1.05. The van der Waals surface area contributed by atoms with E-state index in [0.29, 0.717) is 90.2 Å². The van der Waals surface area contributed by atoms with E-state index in [-0.39, 0.29) is 36.3 Å². The number of amides is 2. The predicted molar refractivity (Wildman–Crippen MR) is 213 cm³/mol. The Bertz CT molecular complexity index is 1730. The van der Waals surface area contributed by atoms with E-state index in [1.165, 1.54) is 0 Å². The van der Waals surface area contributed by atoms with Crippen LogP contribution in [-0.2, 0) is 28.5 Å². The Morgan fingerprint density at radius 3 is 1.41 bits per heavy atom. The standard InChI is InChI=1S/C38H48N4O10S2/c43-35(39-31-25-29-5-1-3-7-33(29)51-37(31)45)27-41-9-13-47-15-17-49-18-16-48-14-10-42(12-22-54-24-20-50-19-23-53-21-11-41)28-36(44)40-32-26-30-6-2-4-8-34(30)52-38(32)46/h1-8,25-26H,9-24,27-28H2,(H,39,43)(H,40,44). The van der Waals surface area contributed by atoms with Crippen LogP contribution in [0.15, 0.2) is 79.1 Å². The van der Waals surface area contributed by atoms with Crippen LogP contribution in [0.1, 0.15) is 0 Å². The number of carbonyl (C=O) groups excluding carboxylic acids is 2. The van der Waals surface area contributed by atoms with E-state index in [0.717, 1.165) is 33.8 Å². The van der Waals surface area contributed by atoms with Crippen molar-refractivity contribution in [2.24, 2.45) is 0 Å². The minimum Gasteiger partial charge on any atom is -0.421 e. The molecule has 2 amide bonds. The lowest BCUT2D eigenvalue weighted by atomic mass is 10.2. The maximum Gasteiger partial charge on any atom is 0.360 e. The van der Waals surface area contributed by atoms with Crippen molar-refractivity contribution in [2.75, 3.05) is 126 Å². The predicted octanol–water partition coefficient (Wildman–Crippen LogP) is 3.63. The number of anilines is 2. The minimum absolute atomic E-state index is 0.0988. The van der Waals surface area contributed by atoms with Crippen molar-refractivity contribution in [3.05, 3.63) is 81.5 Å². The van der Waals surface area contributed by atoms with E-state index >= 15 is 0 Å². The quantitative estimate of drug-likeness (QED) is 0.273. The van der Waals surface area contributed by atoms with Crippen LogP contribution in [0.5, 0.6) is 0 Å². The number of hydrogen-bond acceptors (Lipinski definition) is 14. The molecule has 4 aromatic rings. The largest absolute Gasteiger partial charge is 0.421 e. The Morgan fingerprint density at radius 1 is 0.537 bits per heavy atom. The third-order valence-corrected chi connectivity index (χ3v) is 10.1. The molecular formula is C38H48N4O10S2. The molecular weight excluding hydrogens is 737 g/mol. The summed E-state index contributed by atoms with van der Waals surface area (Å²) in [5.41, 5.74) is -0.0291. The lowest BCUT2D eigenvalue weighted by Gasteiger charge is -2.22. The number of carbonyl (C=O) groups is 2. The first kappa shape index (κ1) is 41.4. The molecule has 2 aromatic heterocycles. The third-order valence-electron chi connectivity index (χ3n) is 8.26. The van der Waals surface area contributed by atoms with Gasteiger partial charge in [0.2, 0.25) is 11.8 Å². The molecule has 2 N–H and O–H groups in total. The van der Waals surface area contributed by atoms with Crippen LogP contribution in [0.25, 0.3) is 21.9 Å². The van der Waals surface area contributed by atoms with Crippen molar-refractivity contribution < 1.29 is 37.4 Å². The summed E-state index contributed by atoms with van der Waals surface area (Å²) >= 11 is 3.49. The van der Waals surface area contributed by atoms with Crippen LogP contribution in [0.2, 0.25) is 0 Å². The maximum absolute atomic E-state index is 13.0. The van der Waals surface area contributed by atoms with Crippen molar-refractivity contribution in [2.45, 2.75) is 0 Å². The van der Waals surface area contributed by atoms with Gasteiger partial charge in [-0.05, 0) is 24.3 Å². The summed E-state index contributed by atoms with van der Waals surface area (Å²) in [6.45, 7) is 6.17. The van der Waals surface area contributed by atoms with Crippen LogP contribution in [0.3, 0.4) is 0 Å². The lowest BCUT2D eigenvalue weighted by molar-refractivity contribution is -0.118. The number of benzene rings is 2. The number of nitrogens with one attached hydrogen (secondary N) is 2. The van der Waals surface area contributed by atoms with Crippen LogP contribution in [0, 0.1) is 0 Å². The number of thioether (sulfide) groups is 2. The van der Waals surface area contributed by atoms with Gasteiger partial charge in [-0.2, -0.15) is 23.5 Å². The van der Waals surface area contributed by atoms with E-state index in [9.17, 15) is 19.2 Å². The molecule has 1 aliphatic heterocycles. The van der Waals surface area contributed by atoms with Gasteiger partial charge in [-0.3, -0.25) is 19.4 Å². The van der Waals surface area contributed by atoms with Crippen LogP contribution in [0.4, 0.5) is 11.4 Å². The highest BCUT2D eigenvalue weighted by molar-refractivity contribution is 7.99. The SMILES string of the molecule is O=C(CN1CCOCCOCCOCCN(CC(=O)Nc2cc3ccccc3oc2=O)CCSCCOCCSCC1)Nc1cc2ccccc2oc1=O. The van der Waals surface area contributed by atoms with Crippen LogP contribution < -0.4 is 21.9 Å². The van der Waals surface area contributed by atoms with Gasteiger partial charge in [0, 0.05) is 60.0 Å². The lowest BCUT2D eigenvalue weighted by Crippen LogP contribution is -2.38. The van der Waals surface area contributed by atoms with Gasteiger partial charge in [-0.15, -0.1) is 0 Å². The summed E-state index contributed by atoms with van der Waals surface area (Å²) in [6, 6.07) is 17.6. The highest BCUT2D eigenvalue weighted by atomic mass is 32.2. The summed E-state index contributed by atoms with van der Waals surface area (Å²) in [5.74, 6) is 2.61. The van der Waals surface area contributed by atoms with Gasteiger partial charge < -0.3 is 38.4 Å². The van der Waals surface area contributed by atoms with Gasteiger partial charge in [-0.1, -0.05) is 36.4 Å². The molecule has 2 aromatic carbocycles. The molecule has 1 fully saturated rings. The second kappa shape index (κ2) is 23.2. The van der Waals surface area contributed by atoms with Gasteiger partial charge in [0.05, 0.1) is 65.9 Å². The molecule has 0 unspecified atom stereocenters. The summed E-state index contributed by atoms with van der Waals surface area (Å²) in [7, 11) is 0. The zero-order chi connectivity index (χ0) is 37.8. The van der Waals surface area contributed by atoms with Crippen LogP contribution >= 0.6 is 23.5 Å². The Hall–Kier alpha value is -3.74. The van der Waals surface area contributed by atoms with Crippen molar-refractivity contribution in [1.29, 1.82) is 0 Å². The summed E-state index contributed by atoms with van der Waals surface area (Å²) in [4.78, 5) is 54.8. The molecule has 0 atom stereocenters. The molecule has 0 radical (unpaired) electrons. The zero-order valence-electron chi connectivity index (χ0n) is 30.3. The average Bonchev–Trinajstić information content (AvgIpc) is 3.15. The minimum atomic E-state index is -0.592. The topological polar surface area (TPSA) is 162 Å². The molecule has 292 valence electrons. The first-order chi connectivity index (χ1) is 26.4. The number of fused-ring (bicyclic) bond motifs is 2. The van der Waals surface area contributed by atoms with Gasteiger partial charge in [-0.25, -0.2) is 9.59 Å². The molecule has 0 bridgehead atoms. The Labute approximate surface area is 322 Å². The molecule has 0 aliphatic carbocycles. The second-order valence-electron chi connectivity index (χ2n) is 12.3. The van der Waals surface area contributed by atoms with Crippen molar-refractivity contribution in [1.82, 2.24) is 9.80 Å². The van der Waals surface area contributed by atoms with E-state index in [1.807, 2.05) is 34.1 Å². The number of ether oxygens (including phenoxy) is 4. The fourth-order valence-corrected chi connectivity index (χ4v) is 7.14. The zero-order valence-corrected chi connectivity index (χ0v) is 31.9. The number of rotatable bonds is 6. The Morgan fingerprint density at radius 2 is 0.944 bits per heavy atom. The van der Waals surface area contributed by atoms with Crippen molar-refractivity contribution in [3.63, 3.8) is 0 Å². The molecule has 5 rings (SSSR count). The van der Waals surface area contributed by atoms with Crippen LogP contribution in [-0.4, -0.2) is 137 Å². The normalized spacial score (nSPS) is 17.8. The highest BCUT2D eigenvalue weighted by Crippen LogP contribution is 2.16. The molecule has 16 heteroatoms. The molecule has 0 saturated carbocycles.